The number of aliphatic carboxylic acids is 1. The average molecular weight is 280 g/mol. The smallest absolute Gasteiger partial charge is 0.303 e. The third kappa shape index (κ3) is 8.43. The van der Waals surface area contributed by atoms with Crippen LogP contribution in [0.25, 0.3) is 0 Å². The maximum atomic E-state index is 11.5. The molecule has 108 valence electrons. The number of carboxylic acids is 1. The van der Waals surface area contributed by atoms with Crippen LogP contribution in [-0.2, 0) is 14.8 Å². The van der Waals surface area contributed by atoms with Crippen LogP contribution in [0.2, 0.25) is 0 Å². The molecule has 1 unspecified atom stereocenters. The molecular weight excluding hydrogens is 256 g/mol. The number of hydrogen-bond donors (Lipinski definition) is 2. The quantitative estimate of drug-likeness (QED) is 0.608. The molecule has 0 aromatic heterocycles. The lowest BCUT2D eigenvalue weighted by molar-refractivity contribution is -0.137. The van der Waals surface area contributed by atoms with Crippen molar-refractivity contribution < 1.29 is 18.3 Å². The molecule has 6 nitrogen and oxygen atoms in total. The van der Waals surface area contributed by atoms with Crippen LogP contribution in [-0.4, -0.2) is 56.3 Å². The van der Waals surface area contributed by atoms with E-state index in [0.717, 1.165) is 6.42 Å². The van der Waals surface area contributed by atoms with Crippen molar-refractivity contribution in [2.75, 3.05) is 25.9 Å². The summed E-state index contributed by atoms with van der Waals surface area (Å²) in [6.07, 6.45) is 1.04. The predicted octanol–water partition coefficient (Wildman–Crippen LogP) is 0.501. The van der Waals surface area contributed by atoms with Crippen molar-refractivity contribution in [3.8, 4) is 0 Å². The number of nitrogens with zero attached hydrogens (tertiary/aromatic N) is 1. The highest BCUT2D eigenvalue weighted by molar-refractivity contribution is 7.89. The second-order valence-corrected chi connectivity index (χ2v) is 6.37. The maximum absolute atomic E-state index is 11.5. The summed E-state index contributed by atoms with van der Waals surface area (Å²) in [5, 5.41) is 8.43. The number of carbonyl (C=O) groups is 1. The molecule has 7 heteroatoms. The molecule has 2 N–H and O–H groups in total. The largest absolute Gasteiger partial charge is 0.481 e. The summed E-state index contributed by atoms with van der Waals surface area (Å²) in [6, 6.07) is 0.418. The average Bonchev–Trinajstić information content (AvgIpc) is 2.26. The monoisotopic (exact) mass is 280 g/mol. The van der Waals surface area contributed by atoms with Crippen LogP contribution in [0.15, 0.2) is 0 Å². The minimum absolute atomic E-state index is 0.117. The van der Waals surface area contributed by atoms with Gasteiger partial charge in [-0.05, 0) is 26.8 Å². The van der Waals surface area contributed by atoms with Crippen molar-refractivity contribution in [1.82, 2.24) is 9.62 Å². The predicted molar refractivity (Wildman–Crippen MR) is 71.0 cm³/mol. The molecule has 0 heterocycles. The molecule has 0 aliphatic rings. The second kappa shape index (κ2) is 8.44. The summed E-state index contributed by atoms with van der Waals surface area (Å²) in [5.41, 5.74) is 0. The summed E-state index contributed by atoms with van der Waals surface area (Å²) >= 11 is 0. The zero-order chi connectivity index (χ0) is 14.2. The Morgan fingerprint density at radius 3 is 2.56 bits per heavy atom. The number of hydrogen-bond acceptors (Lipinski definition) is 4. The van der Waals surface area contributed by atoms with E-state index < -0.39 is 16.0 Å². The summed E-state index contributed by atoms with van der Waals surface area (Å²) in [4.78, 5) is 12.4. The highest BCUT2D eigenvalue weighted by Gasteiger charge is 2.12. The van der Waals surface area contributed by atoms with Crippen LogP contribution in [0.5, 0.6) is 0 Å². The van der Waals surface area contributed by atoms with Crippen LogP contribution >= 0.6 is 0 Å². The van der Waals surface area contributed by atoms with E-state index in [1.807, 2.05) is 7.05 Å². The lowest BCUT2D eigenvalue weighted by atomic mass is 10.2. The van der Waals surface area contributed by atoms with Crippen LogP contribution in [0, 0.1) is 0 Å². The topological polar surface area (TPSA) is 86.7 Å². The van der Waals surface area contributed by atoms with Gasteiger partial charge in [-0.1, -0.05) is 6.92 Å². The van der Waals surface area contributed by atoms with Crippen LogP contribution in [0.1, 0.15) is 33.1 Å². The van der Waals surface area contributed by atoms with E-state index in [4.69, 9.17) is 5.11 Å². The van der Waals surface area contributed by atoms with Gasteiger partial charge in [0, 0.05) is 25.6 Å². The number of sulfonamides is 1. The number of nitrogens with one attached hydrogen (secondary N) is 1. The van der Waals surface area contributed by atoms with Crippen LogP contribution in [0.3, 0.4) is 0 Å². The van der Waals surface area contributed by atoms with Gasteiger partial charge in [0.05, 0.1) is 5.75 Å². The molecule has 0 aromatic carbocycles. The lowest BCUT2D eigenvalue weighted by Gasteiger charge is -2.23. The van der Waals surface area contributed by atoms with E-state index in [-0.39, 0.29) is 18.6 Å². The Morgan fingerprint density at radius 2 is 2.06 bits per heavy atom. The van der Waals surface area contributed by atoms with Crippen molar-refractivity contribution in [1.29, 1.82) is 0 Å². The second-order valence-electron chi connectivity index (χ2n) is 4.45. The molecule has 0 amide bonds. The van der Waals surface area contributed by atoms with Crippen molar-refractivity contribution in [2.45, 2.75) is 39.2 Å². The van der Waals surface area contributed by atoms with Gasteiger partial charge in [-0.15, -0.1) is 0 Å². The molecule has 1 atom stereocenters. The molecule has 0 saturated carbocycles. The van der Waals surface area contributed by atoms with Crippen molar-refractivity contribution in [2.24, 2.45) is 0 Å². The molecule has 0 rings (SSSR count). The first-order valence-electron chi connectivity index (χ1n) is 6.18. The molecule has 0 aliphatic heterocycles. The van der Waals surface area contributed by atoms with Gasteiger partial charge in [0.1, 0.15) is 0 Å². The molecule has 0 bridgehead atoms. The van der Waals surface area contributed by atoms with Gasteiger partial charge in [-0.2, -0.15) is 0 Å². The fraction of sp³-hybridized carbons (Fsp3) is 0.909. The molecule has 0 radical (unpaired) electrons. The minimum Gasteiger partial charge on any atom is -0.481 e. The maximum Gasteiger partial charge on any atom is 0.303 e. The Kier molecular flexibility index (Phi) is 8.13. The molecule has 0 saturated heterocycles. The van der Waals surface area contributed by atoms with E-state index in [1.165, 1.54) is 0 Å². The van der Waals surface area contributed by atoms with E-state index in [0.29, 0.717) is 19.1 Å². The normalized spacial score (nSPS) is 13.8. The lowest BCUT2D eigenvalue weighted by Crippen LogP contribution is -2.37. The Hall–Kier alpha value is -0.660. The fourth-order valence-corrected chi connectivity index (χ4v) is 2.47. The van der Waals surface area contributed by atoms with Crippen molar-refractivity contribution >= 4 is 16.0 Å². The fourth-order valence-electron chi connectivity index (χ4n) is 1.40. The standard InChI is InChI=1S/C11H24N2O4S/c1-4-10(2)13(3)8-7-12-18(16,17)9-5-6-11(14)15/h10,12H,4-9H2,1-3H3,(H,14,15). The zero-order valence-electron chi connectivity index (χ0n) is 11.3. The molecule has 0 fully saturated rings. The van der Waals surface area contributed by atoms with E-state index in [9.17, 15) is 13.2 Å². The van der Waals surface area contributed by atoms with Crippen LogP contribution in [0.4, 0.5) is 0 Å². The SMILES string of the molecule is CCC(C)N(C)CCNS(=O)(=O)CCCC(=O)O. The highest BCUT2D eigenvalue weighted by Crippen LogP contribution is 1.99. The van der Waals surface area contributed by atoms with E-state index in [2.05, 4.69) is 23.5 Å². The van der Waals surface area contributed by atoms with Crippen LogP contribution < -0.4 is 4.72 Å². The highest BCUT2D eigenvalue weighted by atomic mass is 32.2. The van der Waals surface area contributed by atoms with E-state index in [1.54, 1.807) is 0 Å². The Balaban J connectivity index is 3.87. The molecular formula is C11H24N2O4S. The third-order valence-electron chi connectivity index (χ3n) is 2.93. The van der Waals surface area contributed by atoms with Gasteiger partial charge in [-0.25, -0.2) is 13.1 Å². The number of likely N-dealkylation sites (N-methyl/N-ethyl adjacent to an activating group) is 1. The summed E-state index contributed by atoms with van der Waals surface area (Å²) < 4.78 is 25.5. The van der Waals surface area contributed by atoms with Gasteiger partial charge in [0.15, 0.2) is 0 Å². The first kappa shape index (κ1) is 17.3. The molecule has 0 aromatic rings. The van der Waals surface area contributed by atoms with Crippen molar-refractivity contribution in [3.05, 3.63) is 0 Å². The van der Waals surface area contributed by atoms with Crippen molar-refractivity contribution in [3.63, 3.8) is 0 Å². The summed E-state index contributed by atoms with van der Waals surface area (Å²) in [5.74, 6) is -1.10. The first-order valence-corrected chi connectivity index (χ1v) is 7.83. The summed E-state index contributed by atoms with van der Waals surface area (Å²) in [6.45, 7) is 5.17. The molecule has 18 heavy (non-hydrogen) atoms. The van der Waals surface area contributed by atoms with Gasteiger partial charge >= 0.3 is 5.97 Å². The molecule has 0 aliphatic carbocycles. The minimum atomic E-state index is -3.35. The summed E-state index contributed by atoms with van der Waals surface area (Å²) in [7, 11) is -1.39. The Labute approximate surface area is 109 Å². The zero-order valence-corrected chi connectivity index (χ0v) is 12.2. The number of carboxylic acid groups (broad SMARTS) is 1. The number of rotatable bonds is 10. The van der Waals surface area contributed by atoms with Gasteiger partial charge in [0.25, 0.3) is 0 Å². The van der Waals surface area contributed by atoms with E-state index >= 15 is 0 Å². The first-order chi connectivity index (χ1) is 8.28. The molecule has 0 spiro atoms. The Bertz CT molecular complexity index is 343. The van der Waals surface area contributed by atoms with Gasteiger partial charge in [0.2, 0.25) is 10.0 Å². The van der Waals surface area contributed by atoms with Gasteiger partial charge in [-0.3, -0.25) is 4.79 Å². The third-order valence-corrected chi connectivity index (χ3v) is 4.40. The Morgan fingerprint density at radius 1 is 1.44 bits per heavy atom. The van der Waals surface area contributed by atoms with Gasteiger partial charge < -0.3 is 10.0 Å².